The van der Waals surface area contributed by atoms with Crippen LogP contribution >= 0.6 is 0 Å². The maximum atomic E-state index is 13.2. The molecule has 8 heteroatoms. The molecular formula is C10H8FN5O2. The number of nitrogens with one attached hydrogen (secondary N) is 1. The van der Waals surface area contributed by atoms with E-state index >= 15 is 0 Å². The molecule has 1 aromatic heterocycles. The zero-order valence-electron chi connectivity index (χ0n) is 9.00. The summed E-state index contributed by atoms with van der Waals surface area (Å²) in [4.78, 5) is 11.4. The lowest BCUT2D eigenvalue weighted by atomic mass is 10.2. The van der Waals surface area contributed by atoms with Crippen molar-refractivity contribution in [2.45, 2.75) is 0 Å². The first-order chi connectivity index (χ1) is 8.68. The maximum absolute atomic E-state index is 13.2. The van der Waals surface area contributed by atoms with Crippen molar-refractivity contribution in [2.75, 3.05) is 5.73 Å². The molecule has 0 aliphatic carbocycles. The Morgan fingerprint density at radius 3 is 2.89 bits per heavy atom. The first kappa shape index (κ1) is 11.7. The lowest BCUT2D eigenvalue weighted by molar-refractivity contribution is 0.0946. The lowest BCUT2D eigenvalue weighted by Gasteiger charge is -1.96. The number of hydrogen-bond acceptors (Lipinski definition) is 6. The van der Waals surface area contributed by atoms with E-state index in [1.54, 1.807) is 12.1 Å². The second-order valence-electron chi connectivity index (χ2n) is 3.22. The Kier molecular flexibility index (Phi) is 3.28. The molecule has 92 valence electrons. The van der Waals surface area contributed by atoms with E-state index in [2.05, 4.69) is 25.5 Å². The summed E-state index contributed by atoms with van der Waals surface area (Å²) in [5.41, 5.74) is 7.49. The van der Waals surface area contributed by atoms with Gasteiger partial charge in [-0.3, -0.25) is 4.79 Å². The topological polar surface area (TPSA) is 106 Å². The quantitative estimate of drug-likeness (QED) is 0.610. The third-order valence-electron chi connectivity index (χ3n) is 2.00. The van der Waals surface area contributed by atoms with Crippen LogP contribution in [0.25, 0.3) is 0 Å². The minimum Gasteiger partial charge on any atom is -0.379 e. The third kappa shape index (κ3) is 2.48. The highest BCUT2D eigenvalue weighted by molar-refractivity contribution is 5.96. The highest BCUT2D eigenvalue weighted by Crippen LogP contribution is 2.04. The van der Waals surface area contributed by atoms with E-state index in [1.807, 2.05) is 0 Å². The number of hydrazone groups is 1. The summed E-state index contributed by atoms with van der Waals surface area (Å²) in [6, 6.07) is 5.98. The van der Waals surface area contributed by atoms with Gasteiger partial charge in [-0.25, -0.2) is 14.4 Å². The van der Waals surface area contributed by atoms with Crippen molar-refractivity contribution < 1.29 is 13.8 Å². The Balaban J connectivity index is 2.03. The molecule has 0 saturated heterocycles. The van der Waals surface area contributed by atoms with Crippen molar-refractivity contribution >= 4 is 17.9 Å². The van der Waals surface area contributed by atoms with Crippen LogP contribution in [-0.2, 0) is 0 Å². The van der Waals surface area contributed by atoms with Crippen LogP contribution in [-0.4, -0.2) is 22.4 Å². The van der Waals surface area contributed by atoms with Gasteiger partial charge in [0.15, 0.2) is 0 Å². The minimum absolute atomic E-state index is 0.145. The largest absolute Gasteiger partial charge is 0.379 e. The summed E-state index contributed by atoms with van der Waals surface area (Å²) in [7, 11) is 0. The molecule has 0 spiro atoms. The predicted octanol–water partition coefficient (Wildman–Crippen LogP) is 0.555. The molecule has 2 aromatic rings. The summed E-state index contributed by atoms with van der Waals surface area (Å²) in [5, 5.41) is 10.1. The average Bonchev–Trinajstić information content (AvgIpc) is 2.78. The number of nitrogens with zero attached hydrogens (tertiary/aromatic N) is 3. The zero-order valence-corrected chi connectivity index (χ0v) is 9.00. The number of aromatic nitrogens is 2. The molecule has 0 unspecified atom stereocenters. The molecule has 1 aromatic carbocycles. The zero-order chi connectivity index (χ0) is 13.0. The second-order valence-corrected chi connectivity index (χ2v) is 3.22. The molecule has 18 heavy (non-hydrogen) atoms. The number of halogens is 1. The molecule has 0 atom stereocenters. The van der Waals surface area contributed by atoms with E-state index < -0.39 is 11.7 Å². The van der Waals surface area contributed by atoms with Gasteiger partial charge in [-0.05, 0) is 16.4 Å². The maximum Gasteiger partial charge on any atom is 0.297 e. The van der Waals surface area contributed by atoms with E-state index in [-0.39, 0.29) is 17.1 Å². The Hall–Kier alpha value is -2.77. The molecule has 0 saturated carbocycles. The van der Waals surface area contributed by atoms with Crippen LogP contribution in [0.4, 0.5) is 10.2 Å². The molecule has 0 aliphatic heterocycles. The number of nitrogens with two attached hydrogens (primary N) is 1. The fourth-order valence-electron chi connectivity index (χ4n) is 1.15. The molecule has 2 rings (SSSR count). The SMILES string of the molecule is Nc1nonc1C(=O)N/N=C\c1ccccc1F. The van der Waals surface area contributed by atoms with Gasteiger partial charge < -0.3 is 5.73 Å². The van der Waals surface area contributed by atoms with E-state index in [0.717, 1.165) is 6.21 Å². The molecule has 3 N–H and O–H groups in total. The predicted molar refractivity (Wildman–Crippen MR) is 60.2 cm³/mol. The van der Waals surface area contributed by atoms with Crippen LogP contribution in [0.2, 0.25) is 0 Å². The Labute approximate surface area is 100 Å². The Bertz CT molecular complexity index is 595. The number of nitrogen functional groups attached to an aromatic ring is 1. The van der Waals surface area contributed by atoms with Gasteiger partial charge in [0.05, 0.1) is 6.21 Å². The van der Waals surface area contributed by atoms with Crippen LogP contribution in [0, 0.1) is 5.82 Å². The summed E-state index contributed by atoms with van der Waals surface area (Å²) in [5.74, 6) is -1.28. The highest BCUT2D eigenvalue weighted by atomic mass is 19.1. The van der Waals surface area contributed by atoms with E-state index in [0.29, 0.717) is 0 Å². The molecule has 0 fully saturated rings. The second kappa shape index (κ2) is 5.04. The van der Waals surface area contributed by atoms with Crippen LogP contribution in [0.15, 0.2) is 34.0 Å². The smallest absolute Gasteiger partial charge is 0.297 e. The average molecular weight is 249 g/mol. The molecule has 1 heterocycles. The van der Waals surface area contributed by atoms with Gasteiger partial charge in [0, 0.05) is 5.56 Å². The molecule has 0 aliphatic rings. The van der Waals surface area contributed by atoms with Crippen LogP contribution in [0.5, 0.6) is 0 Å². The number of carbonyl (C=O) groups excluding carboxylic acids is 1. The standard InChI is InChI=1S/C10H8FN5O2/c11-7-4-2-1-3-6(7)5-13-14-10(17)8-9(12)16-18-15-8/h1-5H,(H2,12,16)(H,14,17)/b13-5-. The van der Waals surface area contributed by atoms with E-state index in [1.165, 1.54) is 12.1 Å². The van der Waals surface area contributed by atoms with Crippen molar-refractivity contribution in [1.82, 2.24) is 15.7 Å². The number of amides is 1. The number of benzene rings is 1. The van der Waals surface area contributed by atoms with Gasteiger partial charge in [-0.15, -0.1) is 0 Å². The monoisotopic (exact) mass is 249 g/mol. The molecule has 7 nitrogen and oxygen atoms in total. The first-order valence-electron chi connectivity index (χ1n) is 4.84. The normalized spacial score (nSPS) is 10.7. The number of rotatable bonds is 3. The lowest BCUT2D eigenvalue weighted by Crippen LogP contribution is -2.19. The molecular weight excluding hydrogens is 241 g/mol. The number of hydrogen-bond donors (Lipinski definition) is 2. The Morgan fingerprint density at radius 1 is 1.44 bits per heavy atom. The third-order valence-corrected chi connectivity index (χ3v) is 2.00. The van der Waals surface area contributed by atoms with Crippen LogP contribution in [0.3, 0.4) is 0 Å². The summed E-state index contributed by atoms with van der Waals surface area (Å²) < 4.78 is 17.4. The molecule has 1 amide bonds. The van der Waals surface area contributed by atoms with Gasteiger partial charge >= 0.3 is 0 Å². The van der Waals surface area contributed by atoms with Crippen molar-refractivity contribution in [2.24, 2.45) is 5.10 Å². The van der Waals surface area contributed by atoms with Gasteiger partial charge in [-0.2, -0.15) is 5.10 Å². The fraction of sp³-hybridized carbons (Fsp3) is 0. The molecule has 0 bridgehead atoms. The van der Waals surface area contributed by atoms with Gasteiger partial charge in [0.2, 0.25) is 11.5 Å². The molecule has 0 radical (unpaired) electrons. The summed E-state index contributed by atoms with van der Waals surface area (Å²) >= 11 is 0. The number of anilines is 1. The van der Waals surface area contributed by atoms with Gasteiger partial charge in [-0.1, -0.05) is 18.2 Å². The van der Waals surface area contributed by atoms with Crippen molar-refractivity contribution in [3.05, 3.63) is 41.3 Å². The number of carbonyl (C=O) groups is 1. The van der Waals surface area contributed by atoms with Crippen LogP contribution < -0.4 is 11.2 Å². The van der Waals surface area contributed by atoms with Gasteiger partial charge in [0.25, 0.3) is 5.91 Å². The van der Waals surface area contributed by atoms with E-state index in [4.69, 9.17) is 5.73 Å². The highest BCUT2D eigenvalue weighted by Gasteiger charge is 2.14. The first-order valence-corrected chi connectivity index (χ1v) is 4.84. The fourth-order valence-corrected chi connectivity index (χ4v) is 1.15. The summed E-state index contributed by atoms with van der Waals surface area (Å²) in [6.07, 6.45) is 1.16. The van der Waals surface area contributed by atoms with Gasteiger partial charge in [0.1, 0.15) is 5.82 Å². The van der Waals surface area contributed by atoms with Crippen molar-refractivity contribution in [3.8, 4) is 0 Å². The van der Waals surface area contributed by atoms with Crippen molar-refractivity contribution in [3.63, 3.8) is 0 Å². The summed E-state index contributed by atoms with van der Waals surface area (Å²) in [6.45, 7) is 0. The van der Waals surface area contributed by atoms with E-state index in [9.17, 15) is 9.18 Å². The Morgan fingerprint density at radius 2 is 2.22 bits per heavy atom. The van der Waals surface area contributed by atoms with Crippen molar-refractivity contribution in [1.29, 1.82) is 0 Å². The minimum atomic E-state index is -0.693. The van der Waals surface area contributed by atoms with Crippen LogP contribution in [0.1, 0.15) is 16.1 Å².